The molecule has 2 aliphatic heterocycles. The molecule has 2 aromatic rings. The fourth-order valence-electron chi connectivity index (χ4n) is 4.07. The molecule has 1 N–H and O–H groups in total. The van der Waals surface area contributed by atoms with Gasteiger partial charge in [0.05, 0.1) is 12.1 Å². The third-order valence-corrected chi connectivity index (χ3v) is 5.65. The summed E-state index contributed by atoms with van der Waals surface area (Å²) in [5.41, 5.74) is 3.10. The number of anilines is 2. The number of piperidine rings is 1. The number of aryl methyl sites for hydroxylation is 1. The molecule has 1 saturated heterocycles. The number of carbonyl (C=O) groups excluding carboxylic acids is 2. The highest BCUT2D eigenvalue weighted by Gasteiger charge is 2.25. The van der Waals surface area contributed by atoms with Gasteiger partial charge in [-0.2, -0.15) is 0 Å². The van der Waals surface area contributed by atoms with Crippen LogP contribution < -0.4 is 15.0 Å². The molecule has 0 spiro atoms. The molecule has 0 unspecified atom stereocenters. The van der Waals surface area contributed by atoms with Gasteiger partial charge in [0, 0.05) is 37.1 Å². The number of nitrogens with zero attached hydrogens (tertiary/aromatic N) is 3. The van der Waals surface area contributed by atoms with Gasteiger partial charge in [-0.05, 0) is 62.9 Å². The Hall–Kier alpha value is -3.09. The number of pyridine rings is 1. The van der Waals surface area contributed by atoms with Gasteiger partial charge in [-0.15, -0.1) is 0 Å². The first-order valence-electron chi connectivity index (χ1n) is 10.7. The lowest BCUT2D eigenvalue weighted by Crippen LogP contribution is -2.36. The van der Waals surface area contributed by atoms with E-state index in [1.807, 2.05) is 36.9 Å². The summed E-state index contributed by atoms with van der Waals surface area (Å²) >= 11 is 0. The first kappa shape index (κ1) is 20.2. The summed E-state index contributed by atoms with van der Waals surface area (Å²) in [5.74, 6) is 1.27. The summed E-state index contributed by atoms with van der Waals surface area (Å²) in [6.07, 6.45) is 4.94. The van der Waals surface area contributed by atoms with E-state index in [0.29, 0.717) is 42.4 Å². The highest BCUT2D eigenvalue weighted by atomic mass is 16.5. The van der Waals surface area contributed by atoms with E-state index >= 15 is 0 Å². The predicted molar refractivity (Wildman–Crippen MR) is 116 cm³/mol. The fourth-order valence-corrected chi connectivity index (χ4v) is 4.07. The molecule has 2 amide bonds. The number of likely N-dealkylation sites (tertiary alicyclic amines) is 1. The van der Waals surface area contributed by atoms with Crippen LogP contribution in [0.15, 0.2) is 30.5 Å². The normalized spacial score (nSPS) is 15.9. The Balaban J connectivity index is 1.59. The van der Waals surface area contributed by atoms with Crippen molar-refractivity contribution in [1.82, 2.24) is 15.2 Å². The molecule has 0 saturated carbocycles. The van der Waals surface area contributed by atoms with E-state index in [-0.39, 0.29) is 11.8 Å². The number of aromatic nitrogens is 1. The van der Waals surface area contributed by atoms with Gasteiger partial charge < -0.3 is 19.9 Å². The molecule has 7 heteroatoms. The summed E-state index contributed by atoms with van der Waals surface area (Å²) in [6.45, 7) is 7.21. The van der Waals surface area contributed by atoms with E-state index in [1.165, 1.54) is 6.42 Å². The standard InChI is InChI=1S/C23H28N4O3/c1-3-24-22(28)19-8-7-18(13-16(19)2)27-11-12-30-20-14-17(15-25-21(20)27)23(29)26-9-5-4-6-10-26/h7-8,13-15H,3-6,9-12H2,1-2H3,(H,24,28). The number of carbonyl (C=O) groups is 2. The number of fused-ring (bicyclic) bond motifs is 1. The van der Waals surface area contributed by atoms with Gasteiger partial charge in [0.1, 0.15) is 6.61 Å². The van der Waals surface area contributed by atoms with E-state index in [2.05, 4.69) is 15.2 Å². The topological polar surface area (TPSA) is 74.8 Å². The molecule has 0 radical (unpaired) electrons. The third kappa shape index (κ3) is 3.97. The number of nitrogens with one attached hydrogen (secondary N) is 1. The highest BCUT2D eigenvalue weighted by molar-refractivity contribution is 5.96. The van der Waals surface area contributed by atoms with Crippen LogP contribution in [0.25, 0.3) is 0 Å². The molecule has 30 heavy (non-hydrogen) atoms. The second-order valence-electron chi connectivity index (χ2n) is 7.76. The molecule has 0 aliphatic carbocycles. The molecule has 158 valence electrons. The number of amides is 2. The van der Waals surface area contributed by atoms with Crippen LogP contribution in [0.5, 0.6) is 5.75 Å². The minimum atomic E-state index is -0.0667. The molecule has 3 heterocycles. The van der Waals surface area contributed by atoms with Crippen molar-refractivity contribution in [3.05, 3.63) is 47.2 Å². The molecule has 0 bridgehead atoms. The lowest BCUT2D eigenvalue weighted by Gasteiger charge is -2.31. The summed E-state index contributed by atoms with van der Waals surface area (Å²) in [6, 6.07) is 7.58. The molecule has 4 rings (SSSR count). The van der Waals surface area contributed by atoms with Crippen molar-refractivity contribution in [2.45, 2.75) is 33.1 Å². The predicted octanol–water partition coefficient (Wildman–Crippen LogP) is 3.30. The van der Waals surface area contributed by atoms with Crippen molar-refractivity contribution >= 4 is 23.3 Å². The maximum atomic E-state index is 12.8. The van der Waals surface area contributed by atoms with E-state index in [4.69, 9.17) is 4.74 Å². The van der Waals surface area contributed by atoms with Crippen LogP contribution in [-0.2, 0) is 0 Å². The van der Waals surface area contributed by atoms with Crippen molar-refractivity contribution in [2.75, 3.05) is 37.7 Å². The van der Waals surface area contributed by atoms with Crippen molar-refractivity contribution in [1.29, 1.82) is 0 Å². The van der Waals surface area contributed by atoms with Crippen LogP contribution in [0.1, 0.15) is 52.5 Å². The first-order valence-corrected chi connectivity index (χ1v) is 10.7. The van der Waals surface area contributed by atoms with Gasteiger partial charge in [0.15, 0.2) is 11.6 Å². The van der Waals surface area contributed by atoms with Gasteiger partial charge in [0.2, 0.25) is 0 Å². The molecule has 0 atom stereocenters. The first-order chi connectivity index (χ1) is 14.6. The molecular formula is C23H28N4O3. The average Bonchev–Trinajstić information content (AvgIpc) is 2.78. The van der Waals surface area contributed by atoms with Gasteiger partial charge in [0.25, 0.3) is 11.8 Å². The Morgan fingerprint density at radius 1 is 1.13 bits per heavy atom. The zero-order valence-electron chi connectivity index (χ0n) is 17.6. The van der Waals surface area contributed by atoms with Gasteiger partial charge in [-0.1, -0.05) is 0 Å². The minimum absolute atomic E-state index is 0.0212. The second kappa shape index (κ2) is 8.73. The average molecular weight is 409 g/mol. The van der Waals surface area contributed by atoms with Crippen LogP contribution in [-0.4, -0.2) is 54.5 Å². The van der Waals surface area contributed by atoms with Gasteiger partial charge >= 0.3 is 0 Å². The van der Waals surface area contributed by atoms with Crippen molar-refractivity contribution < 1.29 is 14.3 Å². The van der Waals surface area contributed by atoms with E-state index in [9.17, 15) is 9.59 Å². The quantitative estimate of drug-likeness (QED) is 0.840. The zero-order chi connectivity index (χ0) is 21.1. The van der Waals surface area contributed by atoms with Gasteiger partial charge in [-0.25, -0.2) is 4.98 Å². The van der Waals surface area contributed by atoms with Crippen molar-refractivity contribution in [2.24, 2.45) is 0 Å². The molecule has 2 aliphatic rings. The van der Waals surface area contributed by atoms with Crippen LogP contribution in [0.2, 0.25) is 0 Å². The number of benzene rings is 1. The largest absolute Gasteiger partial charge is 0.488 e. The summed E-state index contributed by atoms with van der Waals surface area (Å²) < 4.78 is 5.84. The number of hydrogen-bond donors (Lipinski definition) is 1. The Morgan fingerprint density at radius 3 is 2.67 bits per heavy atom. The van der Waals surface area contributed by atoms with Gasteiger partial charge in [-0.3, -0.25) is 9.59 Å². The van der Waals surface area contributed by atoms with E-state index in [1.54, 1.807) is 12.3 Å². The van der Waals surface area contributed by atoms with Crippen molar-refractivity contribution in [3.63, 3.8) is 0 Å². The molecule has 1 aromatic heterocycles. The third-order valence-electron chi connectivity index (χ3n) is 5.65. The van der Waals surface area contributed by atoms with Crippen molar-refractivity contribution in [3.8, 4) is 5.75 Å². The van der Waals surface area contributed by atoms with E-state index < -0.39 is 0 Å². The summed E-state index contributed by atoms with van der Waals surface area (Å²) in [5, 5.41) is 2.84. The number of hydrogen-bond acceptors (Lipinski definition) is 5. The Bertz CT molecular complexity index is 953. The minimum Gasteiger partial charge on any atom is -0.488 e. The summed E-state index contributed by atoms with van der Waals surface area (Å²) in [4.78, 5) is 33.6. The van der Waals surface area contributed by atoms with Crippen LogP contribution >= 0.6 is 0 Å². The van der Waals surface area contributed by atoms with Crippen LogP contribution in [0.3, 0.4) is 0 Å². The van der Waals surface area contributed by atoms with Crippen LogP contribution in [0.4, 0.5) is 11.5 Å². The molecule has 7 nitrogen and oxygen atoms in total. The molecule has 1 aromatic carbocycles. The SMILES string of the molecule is CCNC(=O)c1ccc(N2CCOc3cc(C(=O)N4CCCCC4)cnc32)cc1C. The Labute approximate surface area is 177 Å². The Morgan fingerprint density at radius 2 is 1.93 bits per heavy atom. The van der Waals surface area contributed by atoms with Crippen LogP contribution in [0, 0.1) is 6.92 Å². The zero-order valence-corrected chi connectivity index (χ0v) is 17.6. The fraction of sp³-hybridized carbons (Fsp3) is 0.435. The second-order valence-corrected chi connectivity index (χ2v) is 7.76. The molecular weight excluding hydrogens is 380 g/mol. The maximum Gasteiger partial charge on any atom is 0.255 e. The lowest BCUT2D eigenvalue weighted by atomic mass is 10.1. The summed E-state index contributed by atoms with van der Waals surface area (Å²) in [7, 11) is 0. The highest BCUT2D eigenvalue weighted by Crippen LogP contribution is 2.36. The number of ether oxygens (including phenoxy) is 1. The molecule has 1 fully saturated rings. The number of rotatable bonds is 4. The Kier molecular flexibility index (Phi) is 5.88. The lowest BCUT2D eigenvalue weighted by molar-refractivity contribution is 0.0723. The monoisotopic (exact) mass is 408 g/mol. The van der Waals surface area contributed by atoms with E-state index in [0.717, 1.165) is 37.2 Å². The maximum absolute atomic E-state index is 12.8. The smallest absolute Gasteiger partial charge is 0.255 e.